The number of aliphatic hydroxyl groups excluding tert-OH is 7. The Labute approximate surface area is 397 Å². The maximum atomic E-state index is 13.0. The van der Waals surface area contributed by atoms with Crippen molar-refractivity contribution in [3.05, 3.63) is 12.2 Å². The Morgan fingerprint density at radius 3 is 1.33 bits per heavy atom. The molecule has 0 aromatic carbocycles. The first kappa shape index (κ1) is 60.4. The standard InChI is InChI=1S/C51H94O15/c1-3-5-7-9-11-13-15-17-19-20-22-23-25-27-29-31-33-42(53)61-36-39(64-43(54)34-32-30-28-26-24-21-18-16-14-12-10-8-6-4-2)37-62-50-49(60)47(58)45(56)41(66-50)38-63-51-48(59)46(57)44(55)40(35-52)65-51/h16,18,39-41,44-52,55-60H,3-15,17,19-38H2,1-2H3/b18-16+/t39-,40+,41+,44-,45-,46?,47?,48?,49?,50+,51+/m0/s1. The number of allylic oxidation sites excluding steroid dienone is 2. The lowest BCUT2D eigenvalue weighted by Gasteiger charge is -2.42. The highest BCUT2D eigenvalue weighted by atomic mass is 16.7. The Balaban J connectivity index is 1.80. The van der Waals surface area contributed by atoms with Crippen LogP contribution in [0.5, 0.6) is 0 Å². The van der Waals surface area contributed by atoms with Gasteiger partial charge in [0.1, 0.15) is 55.4 Å². The summed E-state index contributed by atoms with van der Waals surface area (Å²) in [4.78, 5) is 25.8. The Morgan fingerprint density at radius 1 is 0.470 bits per heavy atom. The summed E-state index contributed by atoms with van der Waals surface area (Å²) in [6.07, 6.45) is 20.9. The van der Waals surface area contributed by atoms with Gasteiger partial charge in [-0.1, -0.05) is 167 Å². The van der Waals surface area contributed by atoms with E-state index in [9.17, 15) is 45.3 Å². The van der Waals surface area contributed by atoms with E-state index in [-0.39, 0.29) is 26.1 Å². The van der Waals surface area contributed by atoms with E-state index in [1.54, 1.807) is 0 Å². The molecule has 15 heteroatoms. The molecule has 0 aliphatic carbocycles. The fraction of sp³-hybridized carbons (Fsp3) is 0.922. The molecule has 0 radical (unpaired) electrons. The number of hydrogen-bond acceptors (Lipinski definition) is 15. The van der Waals surface area contributed by atoms with Gasteiger partial charge in [0.05, 0.1) is 19.8 Å². The van der Waals surface area contributed by atoms with Gasteiger partial charge in [0.25, 0.3) is 0 Å². The molecule has 388 valence electrons. The minimum Gasteiger partial charge on any atom is -0.462 e. The number of carbonyl (C=O) groups excluding carboxylic acids is 2. The van der Waals surface area contributed by atoms with Crippen LogP contribution in [0.3, 0.4) is 0 Å². The molecule has 0 amide bonds. The van der Waals surface area contributed by atoms with Crippen molar-refractivity contribution in [2.75, 3.05) is 26.4 Å². The number of carbonyl (C=O) groups is 2. The summed E-state index contributed by atoms with van der Waals surface area (Å²) in [6, 6.07) is 0. The van der Waals surface area contributed by atoms with E-state index in [1.165, 1.54) is 109 Å². The maximum absolute atomic E-state index is 13.0. The summed E-state index contributed by atoms with van der Waals surface area (Å²) in [5.74, 6) is -0.924. The van der Waals surface area contributed by atoms with Crippen LogP contribution in [0.4, 0.5) is 0 Å². The summed E-state index contributed by atoms with van der Waals surface area (Å²) < 4.78 is 33.6. The van der Waals surface area contributed by atoms with Gasteiger partial charge in [0.2, 0.25) is 0 Å². The number of unbranched alkanes of at least 4 members (excludes halogenated alkanes) is 25. The van der Waals surface area contributed by atoms with Gasteiger partial charge in [-0.3, -0.25) is 9.59 Å². The molecule has 0 aromatic rings. The second-order valence-electron chi connectivity index (χ2n) is 18.7. The molecule has 0 bridgehead atoms. The van der Waals surface area contributed by atoms with Crippen molar-refractivity contribution in [3.63, 3.8) is 0 Å². The average Bonchev–Trinajstić information content (AvgIpc) is 3.31. The number of aliphatic hydroxyl groups is 7. The molecule has 0 aromatic heterocycles. The summed E-state index contributed by atoms with van der Waals surface area (Å²) in [6.45, 7) is 2.60. The van der Waals surface area contributed by atoms with Crippen molar-refractivity contribution in [2.24, 2.45) is 0 Å². The molecule has 2 heterocycles. The smallest absolute Gasteiger partial charge is 0.306 e. The highest BCUT2D eigenvalue weighted by Crippen LogP contribution is 2.26. The third-order valence-corrected chi connectivity index (χ3v) is 12.7. The van der Waals surface area contributed by atoms with Crippen LogP contribution in [0.15, 0.2) is 12.2 Å². The van der Waals surface area contributed by atoms with Crippen LogP contribution in [-0.4, -0.2) is 142 Å². The van der Waals surface area contributed by atoms with Crippen LogP contribution < -0.4 is 0 Å². The van der Waals surface area contributed by atoms with Crippen LogP contribution in [0, 0.1) is 0 Å². The zero-order valence-electron chi connectivity index (χ0n) is 40.9. The third-order valence-electron chi connectivity index (χ3n) is 12.7. The highest BCUT2D eigenvalue weighted by molar-refractivity contribution is 5.70. The molecule has 0 saturated carbocycles. The minimum atomic E-state index is -1.76. The predicted octanol–water partition coefficient (Wildman–Crippen LogP) is 7.38. The molecule has 0 spiro atoms. The number of esters is 2. The van der Waals surface area contributed by atoms with E-state index in [0.29, 0.717) is 12.8 Å². The van der Waals surface area contributed by atoms with E-state index in [4.69, 9.17) is 28.4 Å². The minimum absolute atomic E-state index is 0.159. The molecule has 2 fully saturated rings. The van der Waals surface area contributed by atoms with E-state index in [2.05, 4.69) is 26.0 Å². The number of ether oxygens (including phenoxy) is 6. The van der Waals surface area contributed by atoms with Crippen molar-refractivity contribution in [1.82, 2.24) is 0 Å². The Kier molecular flexibility index (Phi) is 35.7. The number of rotatable bonds is 41. The molecule has 11 atom stereocenters. The van der Waals surface area contributed by atoms with Crippen LogP contribution in [0.2, 0.25) is 0 Å². The second kappa shape index (κ2) is 39.0. The van der Waals surface area contributed by atoms with Gasteiger partial charge < -0.3 is 64.2 Å². The first-order valence-corrected chi connectivity index (χ1v) is 26.3. The van der Waals surface area contributed by atoms with Gasteiger partial charge in [-0.05, 0) is 38.5 Å². The van der Waals surface area contributed by atoms with Crippen molar-refractivity contribution >= 4 is 11.9 Å². The van der Waals surface area contributed by atoms with E-state index >= 15 is 0 Å². The van der Waals surface area contributed by atoms with Gasteiger partial charge in [-0.2, -0.15) is 0 Å². The second-order valence-corrected chi connectivity index (χ2v) is 18.7. The quantitative estimate of drug-likeness (QED) is 0.0180. The van der Waals surface area contributed by atoms with Crippen molar-refractivity contribution in [2.45, 2.75) is 274 Å². The maximum Gasteiger partial charge on any atom is 0.306 e. The molecular formula is C51H94O15. The van der Waals surface area contributed by atoms with Crippen molar-refractivity contribution in [1.29, 1.82) is 0 Å². The SMILES string of the molecule is CCCCCCC/C=C/CCCCCCCC(=O)O[C@@H](COC(=O)CCCCCCCCCCCCCCCCCC)CO[C@@H]1O[C@H](CO[C@@H]2O[C@H](CO)[C@H](O)C(O)C2O)[C@H](O)C(O)C1O. The molecule has 4 unspecified atom stereocenters. The van der Waals surface area contributed by atoms with Crippen LogP contribution in [-0.2, 0) is 38.0 Å². The zero-order valence-corrected chi connectivity index (χ0v) is 40.9. The molecule has 15 nitrogen and oxygen atoms in total. The zero-order chi connectivity index (χ0) is 48.2. The predicted molar refractivity (Wildman–Crippen MR) is 252 cm³/mol. The normalized spacial score (nSPS) is 26.2. The lowest BCUT2D eigenvalue weighted by atomic mass is 9.98. The molecule has 2 aliphatic rings. The average molecular weight is 947 g/mol. The van der Waals surface area contributed by atoms with E-state index < -0.39 is 92.7 Å². The van der Waals surface area contributed by atoms with Crippen molar-refractivity contribution < 1.29 is 73.8 Å². The molecule has 7 N–H and O–H groups in total. The molecular weight excluding hydrogens is 853 g/mol. The van der Waals surface area contributed by atoms with E-state index in [1.807, 2.05) is 0 Å². The monoisotopic (exact) mass is 947 g/mol. The molecule has 2 aliphatic heterocycles. The lowest BCUT2D eigenvalue weighted by Crippen LogP contribution is -2.61. The van der Waals surface area contributed by atoms with Gasteiger partial charge in [-0.15, -0.1) is 0 Å². The molecule has 2 rings (SSSR count). The van der Waals surface area contributed by atoms with E-state index in [0.717, 1.165) is 57.8 Å². The molecule has 2 saturated heterocycles. The Hall–Kier alpha value is -1.76. The van der Waals surface area contributed by atoms with Gasteiger partial charge in [0, 0.05) is 12.8 Å². The summed E-state index contributed by atoms with van der Waals surface area (Å²) in [5.41, 5.74) is 0. The van der Waals surface area contributed by atoms with Gasteiger partial charge >= 0.3 is 11.9 Å². The van der Waals surface area contributed by atoms with Crippen LogP contribution >= 0.6 is 0 Å². The summed E-state index contributed by atoms with van der Waals surface area (Å²) in [7, 11) is 0. The Morgan fingerprint density at radius 2 is 0.864 bits per heavy atom. The Bertz CT molecular complexity index is 1210. The third kappa shape index (κ3) is 26.8. The fourth-order valence-electron chi connectivity index (χ4n) is 8.39. The molecule has 66 heavy (non-hydrogen) atoms. The van der Waals surface area contributed by atoms with Crippen LogP contribution in [0.25, 0.3) is 0 Å². The largest absolute Gasteiger partial charge is 0.462 e. The topological polar surface area (TPSA) is 231 Å². The van der Waals surface area contributed by atoms with Crippen molar-refractivity contribution in [3.8, 4) is 0 Å². The van der Waals surface area contributed by atoms with Crippen LogP contribution in [0.1, 0.15) is 206 Å². The highest BCUT2D eigenvalue weighted by Gasteiger charge is 2.47. The number of hydrogen-bond donors (Lipinski definition) is 7. The first-order chi connectivity index (χ1) is 32.0. The fourth-order valence-corrected chi connectivity index (χ4v) is 8.39. The summed E-state index contributed by atoms with van der Waals surface area (Å²) in [5, 5.41) is 72.1. The van der Waals surface area contributed by atoms with Gasteiger partial charge in [-0.25, -0.2) is 0 Å². The first-order valence-electron chi connectivity index (χ1n) is 26.3. The summed E-state index contributed by atoms with van der Waals surface area (Å²) >= 11 is 0. The van der Waals surface area contributed by atoms with Gasteiger partial charge in [0.15, 0.2) is 18.7 Å². The lowest BCUT2D eigenvalue weighted by molar-refractivity contribution is -0.332.